The molecule has 1 aromatic carbocycles. The van der Waals surface area contributed by atoms with Gasteiger partial charge in [0.1, 0.15) is 0 Å². The quantitative estimate of drug-likeness (QED) is 0.616. The number of aryl methyl sites for hydroxylation is 1. The predicted molar refractivity (Wildman–Crippen MR) is 71.1 cm³/mol. The van der Waals surface area contributed by atoms with Crippen molar-refractivity contribution in [2.75, 3.05) is 7.11 Å². The lowest BCUT2D eigenvalue weighted by Crippen LogP contribution is -1.98. The molecular formula is C13H13N3O4. The van der Waals surface area contributed by atoms with Crippen molar-refractivity contribution in [3.8, 4) is 17.6 Å². The zero-order valence-corrected chi connectivity index (χ0v) is 11.1. The fourth-order valence-corrected chi connectivity index (χ4v) is 1.60. The molecule has 0 radical (unpaired) electrons. The third kappa shape index (κ3) is 3.00. The largest absolute Gasteiger partial charge is 0.481 e. The molecule has 2 rings (SSSR count). The lowest BCUT2D eigenvalue weighted by molar-refractivity contribution is -0.385. The van der Waals surface area contributed by atoms with Gasteiger partial charge in [-0.05, 0) is 18.1 Å². The summed E-state index contributed by atoms with van der Waals surface area (Å²) in [7, 11) is 1.46. The summed E-state index contributed by atoms with van der Waals surface area (Å²) >= 11 is 0. The smallest absolute Gasteiger partial charge is 0.325 e. The maximum atomic E-state index is 11.1. The molecule has 0 N–H and O–H groups in total. The first-order valence-corrected chi connectivity index (χ1v) is 5.96. The van der Waals surface area contributed by atoms with E-state index < -0.39 is 4.92 Å². The fourth-order valence-electron chi connectivity index (χ4n) is 1.60. The van der Waals surface area contributed by atoms with E-state index in [4.69, 9.17) is 9.47 Å². The maximum absolute atomic E-state index is 11.1. The molecule has 0 atom stereocenters. The minimum absolute atomic E-state index is 0.00306. The number of rotatable bonds is 5. The first-order valence-electron chi connectivity index (χ1n) is 5.96. The van der Waals surface area contributed by atoms with E-state index in [0.29, 0.717) is 12.3 Å². The van der Waals surface area contributed by atoms with Crippen molar-refractivity contribution in [2.45, 2.75) is 13.3 Å². The Morgan fingerprint density at radius 1 is 1.35 bits per heavy atom. The van der Waals surface area contributed by atoms with E-state index in [2.05, 4.69) is 9.97 Å². The SMILES string of the molecule is CCc1ccc(Oc2nccc(OC)n2)c([N+](=O)[O-])c1. The van der Waals surface area contributed by atoms with Gasteiger partial charge in [0.25, 0.3) is 0 Å². The Labute approximate surface area is 115 Å². The van der Waals surface area contributed by atoms with Gasteiger partial charge in [-0.3, -0.25) is 10.1 Å². The first kappa shape index (κ1) is 13.7. The number of nitrogens with zero attached hydrogens (tertiary/aromatic N) is 3. The van der Waals surface area contributed by atoms with Crippen molar-refractivity contribution in [1.29, 1.82) is 0 Å². The normalized spacial score (nSPS) is 10.1. The Morgan fingerprint density at radius 3 is 2.80 bits per heavy atom. The lowest BCUT2D eigenvalue weighted by atomic mass is 10.1. The van der Waals surface area contributed by atoms with Gasteiger partial charge >= 0.3 is 11.7 Å². The van der Waals surface area contributed by atoms with Crippen molar-refractivity contribution in [3.05, 3.63) is 46.1 Å². The molecule has 1 aromatic heterocycles. The van der Waals surface area contributed by atoms with Crippen LogP contribution in [0.5, 0.6) is 17.6 Å². The van der Waals surface area contributed by atoms with E-state index in [1.54, 1.807) is 18.2 Å². The summed E-state index contributed by atoms with van der Waals surface area (Å²) in [5, 5.41) is 11.1. The van der Waals surface area contributed by atoms with Crippen LogP contribution in [0.1, 0.15) is 12.5 Å². The number of nitro groups is 1. The maximum Gasteiger partial charge on any atom is 0.325 e. The average molecular weight is 275 g/mol. The van der Waals surface area contributed by atoms with Gasteiger partial charge in [0.2, 0.25) is 11.6 Å². The molecule has 20 heavy (non-hydrogen) atoms. The van der Waals surface area contributed by atoms with Crippen LogP contribution in [0.3, 0.4) is 0 Å². The molecule has 0 saturated heterocycles. The highest BCUT2D eigenvalue weighted by molar-refractivity contribution is 5.49. The van der Waals surface area contributed by atoms with Gasteiger partial charge in [-0.25, -0.2) is 4.98 Å². The molecule has 2 aromatic rings. The third-order valence-corrected chi connectivity index (χ3v) is 2.65. The molecular weight excluding hydrogens is 262 g/mol. The highest BCUT2D eigenvalue weighted by Crippen LogP contribution is 2.31. The monoisotopic (exact) mass is 275 g/mol. The summed E-state index contributed by atoms with van der Waals surface area (Å²) in [5.41, 5.74) is 0.742. The number of hydrogen-bond donors (Lipinski definition) is 0. The van der Waals surface area contributed by atoms with E-state index in [-0.39, 0.29) is 17.4 Å². The number of benzene rings is 1. The minimum Gasteiger partial charge on any atom is -0.481 e. The van der Waals surface area contributed by atoms with Crippen molar-refractivity contribution in [2.24, 2.45) is 0 Å². The van der Waals surface area contributed by atoms with Crippen LogP contribution in [-0.4, -0.2) is 22.0 Å². The second-order valence-electron chi connectivity index (χ2n) is 3.90. The zero-order chi connectivity index (χ0) is 14.5. The Bertz CT molecular complexity index is 631. The number of hydrogen-bond acceptors (Lipinski definition) is 6. The molecule has 0 fully saturated rings. The minimum atomic E-state index is -0.491. The molecule has 0 saturated carbocycles. The van der Waals surface area contributed by atoms with Gasteiger partial charge in [0.05, 0.1) is 12.0 Å². The number of ether oxygens (including phenoxy) is 2. The predicted octanol–water partition coefficient (Wildman–Crippen LogP) is 2.75. The summed E-state index contributed by atoms with van der Waals surface area (Å²) in [4.78, 5) is 18.4. The van der Waals surface area contributed by atoms with Gasteiger partial charge in [-0.2, -0.15) is 4.98 Å². The molecule has 104 valence electrons. The number of aromatic nitrogens is 2. The van der Waals surface area contributed by atoms with Crippen LogP contribution in [0.2, 0.25) is 0 Å². The standard InChI is InChI=1S/C13H13N3O4/c1-3-9-4-5-11(10(8-9)16(17)18)20-13-14-7-6-12(15-13)19-2/h4-8H,3H2,1-2H3. The molecule has 1 heterocycles. The molecule has 0 spiro atoms. The molecule has 0 unspecified atom stereocenters. The molecule has 0 aliphatic heterocycles. The van der Waals surface area contributed by atoms with Gasteiger partial charge < -0.3 is 9.47 Å². The van der Waals surface area contributed by atoms with Crippen LogP contribution in [0, 0.1) is 10.1 Å². The molecule has 0 bridgehead atoms. The summed E-state index contributed by atoms with van der Waals surface area (Å²) in [6, 6.07) is 6.34. The topological polar surface area (TPSA) is 87.4 Å². The van der Waals surface area contributed by atoms with Crippen molar-refractivity contribution < 1.29 is 14.4 Å². The van der Waals surface area contributed by atoms with E-state index in [9.17, 15) is 10.1 Å². The van der Waals surface area contributed by atoms with Crippen LogP contribution in [-0.2, 0) is 6.42 Å². The second kappa shape index (κ2) is 5.96. The van der Waals surface area contributed by atoms with Crippen LogP contribution < -0.4 is 9.47 Å². The van der Waals surface area contributed by atoms with Gasteiger partial charge in [0.15, 0.2) is 0 Å². The summed E-state index contributed by atoms with van der Waals surface area (Å²) in [6.07, 6.45) is 2.16. The number of methoxy groups -OCH3 is 1. The molecule has 0 aliphatic carbocycles. The third-order valence-electron chi connectivity index (χ3n) is 2.65. The van der Waals surface area contributed by atoms with Crippen LogP contribution in [0.25, 0.3) is 0 Å². The molecule has 7 nitrogen and oxygen atoms in total. The summed E-state index contributed by atoms with van der Waals surface area (Å²) < 4.78 is 10.3. The Hall–Kier alpha value is -2.70. The van der Waals surface area contributed by atoms with Crippen molar-refractivity contribution in [1.82, 2.24) is 9.97 Å². The molecule has 0 aliphatic rings. The Kier molecular flexibility index (Phi) is 4.09. The van der Waals surface area contributed by atoms with Crippen LogP contribution >= 0.6 is 0 Å². The average Bonchev–Trinajstić information content (AvgIpc) is 2.47. The molecule has 0 amide bonds. The van der Waals surface area contributed by atoms with Crippen LogP contribution in [0.4, 0.5) is 5.69 Å². The van der Waals surface area contributed by atoms with E-state index in [1.807, 2.05) is 6.92 Å². The zero-order valence-electron chi connectivity index (χ0n) is 11.1. The summed E-state index contributed by atoms with van der Waals surface area (Å²) in [6.45, 7) is 1.92. The number of nitro benzene ring substituents is 1. The summed E-state index contributed by atoms with van der Waals surface area (Å²) in [5.74, 6) is 0.420. The van der Waals surface area contributed by atoms with Crippen molar-refractivity contribution >= 4 is 5.69 Å². The van der Waals surface area contributed by atoms with Gasteiger partial charge in [-0.1, -0.05) is 13.0 Å². The van der Waals surface area contributed by atoms with Gasteiger partial charge in [-0.15, -0.1) is 0 Å². The van der Waals surface area contributed by atoms with Gasteiger partial charge in [0, 0.05) is 18.3 Å². The van der Waals surface area contributed by atoms with E-state index in [1.165, 1.54) is 19.4 Å². The van der Waals surface area contributed by atoms with E-state index in [0.717, 1.165) is 5.56 Å². The first-order chi connectivity index (χ1) is 9.63. The highest BCUT2D eigenvalue weighted by atomic mass is 16.6. The Morgan fingerprint density at radius 2 is 2.15 bits per heavy atom. The van der Waals surface area contributed by atoms with E-state index >= 15 is 0 Å². The van der Waals surface area contributed by atoms with Crippen LogP contribution in [0.15, 0.2) is 30.5 Å². The second-order valence-corrected chi connectivity index (χ2v) is 3.90. The Balaban J connectivity index is 2.34. The van der Waals surface area contributed by atoms with Crippen molar-refractivity contribution in [3.63, 3.8) is 0 Å². The molecule has 7 heteroatoms. The lowest BCUT2D eigenvalue weighted by Gasteiger charge is -2.06. The fraction of sp³-hybridized carbons (Fsp3) is 0.231. The highest BCUT2D eigenvalue weighted by Gasteiger charge is 2.17.